The Morgan fingerprint density at radius 3 is 1.86 bits per heavy atom. The molecular formula is C13H27N. The summed E-state index contributed by atoms with van der Waals surface area (Å²) >= 11 is 0. The van der Waals surface area contributed by atoms with Crippen molar-refractivity contribution in [3.05, 3.63) is 0 Å². The van der Waals surface area contributed by atoms with Crippen molar-refractivity contribution < 1.29 is 0 Å². The lowest BCUT2D eigenvalue weighted by Crippen LogP contribution is -2.17. The van der Waals surface area contributed by atoms with Crippen LogP contribution in [0.4, 0.5) is 0 Å². The predicted octanol–water partition coefficient (Wildman–Crippen LogP) is 4.18. The summed E-state index contributed by atoms with van der Waals surface area (Å²) < 4.78 is 0. The van der Waals surface area contributed by atoms with Crippen molar-refractivity contribution in [1.29, 1.82) is 0 Å². The number of hydrogen-bond donors (Lipinski definition) is 0. The molecule has 0 aromatic heterocycles. The summed E-state index contributed by atoms with van der Waals surface area (Å²) in [5.41, 5.74) is 1.37. The van der Waals surface area contributed by atoms with Gasteiger partial charge in [0.25, 0.3) is 0 Å². The minimum atomic E-state index is 0.711. The molecule has 84 valence electrons. The monoisotopic (exact) mass is 197 g/mol. The van der Waals surface area contributed by atoms with Gasteiger partial charge in [-0.2, -0.15) is 0 Å². The Hall–Kier alpha value is -0.330. The molecule has 0 amide bonds. The molecule has 0 heterocycles. The summed E-state index contributed by atoms with van der Waals surface area (Å²) in [6.45, 7) is 14.6. The first-order valence-corrected chi connectivity index (χ1v) is 6.05. The van der Waals surface area contributed by atoms with E-state index in [1.54, 1.807) is 0 Å². The third kappa shape index (κ3) is 4.78. The highest BCUT2D eigenvalue weighted by Gasteiger charge is 2.14. The second kappa shape index (κ2) is 7.03. The maximum atomic E-state index is 4.68. The van der Waals surface area contributed by atoms with Crippen molar-refractivity contribution in [1.82, 2.24) is 0 Å². The standard InChI is InChI=1S/C13H27N/c1-7-13(8-2)14-9-11(5)12(6)10(3)4/h10-12H,7-9H2,1-6H3/t11-,12?/m1/s1. The van der Waals surface area contributed by atoms with Crippen LogP contribution in [0.15, 0.2) is 4.99 Å². The molecule has 0 spiro atoms. The molecule has 0 aromatic rings. The second-order valence-corrected chi connectivity index (χ2v) is 4.69. The lowest BCUT2D eigenvalue weighted by molar-refractivity contribution is 0.303. The second-order valence-electron chi connectivity index (χ2n) is 4.69. The third-order valence-electron chi connectivity index (χ3n) is 3.37. The van der Waals surface area contributed by atoms with E-state index in [-0.39, 0.29) is 0 Å². The molecule has 0 aliphatic carbocycles. The molecule has 1 nitrogen and oxygen atoms in total. The van der Waals surface area contributed by atoms with Gasteiger partial charge in [0.2, 0.25) is 0 Å². The molecule has 0 aliphatic rings. The van der Waals surface area contributed by atoms with E-state index in [1.807, 2.05) is 0 Å². The molecule has 0 saturated carbocycles. The van der Waals surface area contributed by atoms with E-state index in [2.05, 4.69) is 46.5 Å². The average Bonchev–Trinajstić information content (AvgIpc) is 2.17. The topological polar surface area (TPSA) is 12.4 Å². The lowest BCUT2D eigenvalue weighted by Gasteiger charge is -2.22. The number of nitrogens with zero attached hydrogens (tertiary/aromatic N) is 1. The van der Waals surface area contributed by atoms with Crippen molar-refractivity contribution in [3.8, 4) is 0 Å². The van der Waals surface area contributed by atoms with Crippen molar-refractivity contribution in [2.45, 2.75) is 54.4 Å². The minimum Gasteiger partial charge on any atom is -0.294 e. The van der Waals surface area contributed by atoms with E-state index in [1.165, 1.54) is 5.71 Å². The molecule has 14 heavy (non-hydrogen) atoms. The van der Waals surface area contributed by atoms with Crippen LogP contribution in [-0.4, -0.2) is 12.3 Å². The molecule has 1 heteroatoms. The zero-order valence-electron chi connectivity index (χ0n) is 10.8. The van der Waals surface area contributed by atoms with Gasteiger partial charge >= 0.3 is 0 Å². The van der Waals surface area contributed by atoms with Gasteiger partial charge in [0, 0.05) is 12.3 Å². The van der Waals surface area contributed by atoms with Crippen molar-refractivity contribution in [2.75, 3.05) is 6.54 Å². The molecule has 0 N–H and O–H groups in total. The van der Waals surface area contributed by atoms with Gasteiger partial charge < -0.3 is 0 Å². The fraction of sp³-hybridized carbons (Fsp3) is 0.923. The Kier molecular flexibility index (Phi) is 6.86. The van der Waals surface area contributed by atoms with E-state index in [0.29, 0.717) is 5.92 Å². The van der Waals surface area contributed by atoms with Gasteiger partial charge in [-0.15, -0.1) is 0 Å². The fourth-order valence-corrected chi connectivity index (χ4v) is 1.57. The molecule has 0 aliphatic heterocycles. The quantitative estimate of drug-likeness (QED) is 0.567. The molecule has 0 saturated heterocycles. The molecule has 0 rings (SSSR count). The smallest absolute Gasteiger partial charge is 0.0416 e. The van der Waals surface area contributed by atoms with Crippen molar-refractivity contribution >= 4 is 5.71 Å². The Morgan fingerprint density at radius 2 is 1.50 bits per heavy atom. The SMILES string of the molecule is CCC(CC)=NC[C@@H](C)C(C)C(C)C. The molecule has 0 fully saturated rings. The molecular weight excluding hydrogens is 170 g/mol. The fourth-order valence-electron chi connectivity index (χ4n) is 1.57. The van der Waals surface area contributed by atoms with Gasteiger partial charge in [-0.25, -0.2) is 0 Å². The van der Waals surface area contributed by atoms with Gasteiger partial charge in [0.05, 0.1) is 0 Å². The van der Waals surface area contributed by atoms with Crippen LogP contribution >= 0.6 is 0 Å². The highest BCUT2D eigenvalue weighted by molar-refractivity contribution is 5.83. The first-order valence-electron chi connectivity index (χ1n) is 6.05. The van der Waals surface area contributed by atoms with E-state index in [4.69, 9.17) is 0 Å². The summed E-state index contributed by atoms with van der Waals surface area (Å²) in [7, 11) is 0. The van der Waals surface area contributed by atoms with Crippen LogP contribution in [0.5, 0.6) is 0 Å². The Labute approximate surface area is 90.0 Å². The number of aliphatic imine (C=N–C) groups is 1. The molecule has 1 unspecified atom stereocenters. The first kappa shape index (κ1) is 13.7. The van der Waals surface area contributed by atoms with Gasteiger partial charge in [-0.3, -0.25) is 4.99 Å². The van der Waals surface area contributed by atoms with E-state index >= 15 is 0 Å². The van der Waals surface area contributed by atoms with Gasteiger partial charge in [0.15, 0.2) is 0 Å². The predicted molar refractivity (Wildman–Crippen MR) is 66.1 cm³/mol. The number of rotatable bonds is 6. The number of hydrogen-bond acceptors (Lipinski definition) is 1. The van der Waals surface area contributed by atoms with Crippen molar-refractivity contribution in [2.24, 2.45) is 22.7 Å². The maximum Gasteiger partial charge on any atom is 0.0416 e. The zero-order chi connectivity index (χ0) is 11.1. The highest BCUT2D eigenvalue weighted by Crippen LogP contribution is 2.20. The lowest BCUT2D eigenvalue weighted by atomic mass is 9.86. The Morgan fingerprint density at radius 1 is 1.00 bits per heavy atom. The van der Waals surface area contributed by atoms with Gasteiger partial charge in [-0.1, -0.05) is 41.5 Å². The van der Waals surface area contributed by atoms with Crippen LogP contribution in [-0.2, 0) is 0 Å². The van der Waals surface area contributed by atoms with Crippen LogP contribution in [0.2, 0.25) is 0 Å². The van der Waals surface area contributed by atoms with Crippen molar-refractivity contribution in [3.63, 3.8) is 0 Å². The van der Waals surface area contributed by atoms with Gasteiger partial charge in [0.1, 0.15) is 0 Å². The zero-order valence-corrected chi connectivity index (χ0v) is 10.8. The maximum absolute atomic E-state index is 4.68. The highest BCUT2D eigenvalue weighted by atomic mass is 14.7. The van der Waals surface area contributed by atoms with Crippen LogP contribution < -0.4 is 0 Å². The minimum absolute atomic E-state index is 0.711. The van der Waals surface area contributed by atoms with Gasteiger partial charge in [-0.05, 0) is 30.6 Å². The Bertz CT molecular complexity index is 164. The normalized spacial score (nSPS) is 15.4. The average molecular weight is 197 g/mol. The van der Waals surface area contributed by atoms with Crippen LogP contribution in [0, 0.1) is 17.8 Å². The van der Waals surface area contributed by atoms with Crippen LogP contribution in [0.1, 0.15) is 54.4 Å². The summed E-state index contributed by atoms with van der Waals surface area (Å²) in [4.78, 5) is 4.68. The first-order chi connectivity index (χ1) is 6.52. The van der Waals surface area contributed by atoms with E-state index < -0.39 is 0 Å². The summed E-state index contributed by atoms with van der Waals surface area (Å²) in [6, 6.07) is 0. The molecule has 0 bridgehead atoms. The molecule has 2 atom stereocenters. The Balaban J connectivity index is 4.05. The van der Waals surface area contributed by atoms with Crippen LogP contribution in [0.3, 0.4) is 0 Å². The third-order valence-corrected chi connectivity index (χ3v) is 3.37. The molecule has 0 aromatic carbocycles. The van der Waals surface area contributed by atoms with E-state index in [0.717, 1.165) is 31.2 Å². The van der Waals surface area contributed by atoms with Crippen LogP contribution in [0.25, 0.3) is 0 Å². The molecule has 0 radical (unpaired) electrons. The summed E-state index contributed by atoms with van der Waals surface area (Å²) in [5, 5.41) is 0. The van der Waals surface area contributed by atoms with E-state index in [9.17, 15) is 0 Å². The largest absolute Gasteiger partial charge is 0.294 e. The summed E-state index contributed by atoms with van der Waals surface area (Å²) in [5.74, 6) is 2.25. The summed E-state index contributed by atoms with van der Waals surface area (Å²) in [6.07, 6.45) is 2.22.